The Morgan fingerprint density at radius 1 is 1.56 bits per heavy atom. The highest BCUT2D eigenvalue weighted by molar-refractivity contribution is 8.02. The third-order valence-electron chi connectivity index (χ3n) is 1.35. The quantitative estimate of drug-likeness (QED) is 0.542. The summed E-state index contributed by atoms with van der Waals surface area (Å²) < 4.78 is 0. The maximum atomic E-state index is 2.23. The number of hydrogen-bond acceptors (Lipinski definition) is 3. The second-order valence-electron chi connectivity index (χ2n) is 2.27. The van der Waals surface area contributed by atoms with Crippen molar-refractivity contribution in [3.05, 3.63) is 11.2 Å². The molecule has 0 atom stereocenters. The molecule has 1 rings (SSSR count). The van der Waals surface area contributed by atoms with Gasteiger partial charge in [0.25, 0.3) is 0 Å². The van der Waals surface area contributed by atoms with Gasteiger partial charge in [-0.15, -0.1) is 11.8 Å². The number of thioether (sulfide) groups is 1. The van der Waals surface area contributed by atoms with Gasteiger partial charge in [0, 0.05) is 20.3 Å². The van der Waals surface area contributed by atoms with Crippen molar-refractivity contribution in [3.63, 3.8) is 0 Å². The summed E-state index contributed by atoms with van der Waals surface area (Å²) in [6.07, 6.45) is 4.26. The molecule has 0 unspecified atom stereocenters. The Bertz CT molecular complexity index is 133. The van der Waals surface area contributed by atoms with Crippen LogP contribution >= 0.6 is 11.8 Å². The highest BCUT2D eigenvalue weighted by atomic mass is 32.2. The average Bonchev–Trinajstić information content (AvgIpc) is 2.10. The second-order valence-corrected chi connectivity index (χ2v) is 3.09. The zero-order valence-corrected chi connectivity index (χ0v) is 6.90. The van der Waals surface area contributed by atoms with Gasteiger partial charge in [0.15, 0.2) is 0 Å². The van der Waals surface area contributed by atoms with Crippen LogP contribution in [-0.2, 0) is 0 Å². The van der Waals surface area contributed by atoms with Crippen molar-refractivity contribution in [2.75, 3.05) is 27.0 Å². The zero-order chi connectivity index (χ0) is 6.85. The van der Waals surface area contributed by atoms with Crippen LogP contribution in [0.5, 0.6) is 0 Å². The molecule has 0 aromatic carbocycles. The molecule has 0 aromatic heterocycles. The van der Waals surface area contributed by atoms with Crippen molar-refractivity contribution in [1.29, 1.82) is 0 Å². The lowest BCUT2D eigenvalue weighted by atomic mass is 10.8. The predicted molar refractivity (Wildman–Crippen MR) is 42.0 cm³/mol. The Morgan fingerprint density at radius 3 is 2.44 bits per heavy atom. The Labute approximate surface area is 60.5 Å². The maximum absolute atomic E-state index is 2.23. The van der Waals surface area contributed by atoms with E-state index >= 15 is 0 Å². The molecule has 0 N–H and O–H groups in total. The average molecular weight is 144 g/mol. The molecule has 1 heterocycles. The Kier molecular flexibility index (Phi) is 1.90. The van der Waals surface area contributed by atoms with Crippen LogP contribution in [0.1, 0.15) is 0 Å². The van der Waals surface area contributed by atoms with Gasteiger partial charge in [0.2, 0.25) is 0 Å². The summed E-state index contributed by atoms with van der Waals surface area (Å²) in [5.41, 5.74) is 0. The van der Waals surface area contributed by atoms with E-state index in [1.165, 1.54) is 5.03 Å². The molecule has 0 saturated heterocycles. The minimum absolute atomic E-state index is 1.02. The molecule has 1 aliphatic heterocycles. The molecule has 0 aromatic rings. The third kappa shape index (κ3) is 1.33. The summed E-state index contributed by atoms with van der Waals surface area (Å²) in [6, 6.07) is 0. The van der Waals surface area contributed by atoms with Crippen molar-refractivity contribution in [3.8, 4) is 0 Å². The molecular formula is C6H12N2S. The van der Waals surface area contributed by atoms with Gasteiger partial charge in [0.05, 0.1) is 11.7 Å². The SMILES string of the molecule is CSC1=CN(C)CN1C. The maximum Gasteiger partial charge on any atom is 0.0897 e. The molecule has 0 radical (unpaired) electrons. The smallest absolute Gasteiger partial charge is 0.0897 e. The summed E-state index contributed by atoms with van der Waals surface area (Å²) in [4.78, 5) is 4.40. The monoisotopic (exact) mass is 144 g/mol. The lowest BCUT2D eigenvalue weighted by Gasteiger charge is -2.14. The first kappa shape index (κ1) is 6.81. The largest absolute Gasteiger partial charge is 0.361 e. The summed E-state index contributed by atoms with van der Waals surface area (Å²) in [5.74, 6) is 0. The third-order valence-corrected chi connectivity index (χ3v) is 2.19. The number of hydrogen-bond donors (Lipinski definition) is 0. The fourth-order valence-corrected chi connectivity index (χ4v) is 1.60. The van der Waals surface area contributed by atoms with E-state index in [-0.39, 0.29) is 0 Å². The van der Waals surface area contributed by atoms with Crippen LogP contribution in [-0.4, -0.2) is 36.8 Å². The molecule has 9 heavy (non-hydrogen) atoms. The standard InChI is InChI=1S/C6H12N2S/c1-7-4-6(9-3)8(2)5-7/h4H,5H2,1-3H3. The molecule has 3 heteroatoms. The van der Waals surface area contributed by atoms with Gasteiger partial charge in [-0.05, 0) is 6.26 Å². The van der Waals surface area contributed by atoms with Gasteiger partial charge in [-0.25, -0.2) is 0 Å². The van der Waals surface area contributed by atoms with Gasteiger partial charge in [0.1, 0.15) is 0 Å². The van der Waals surface area contributed by atoms with E-state index in [9.17, 15) is 0 Å². The van der Waals surface area contributed by atoms with E-state index in [0.717, 1.165) is 6.67 Å². The Morgan fingerprint density at radius 2 is 2.22 bits per heavy atom. The van der Waals surface area contributed by atoms with Crippen LogP contribution in [0.25, 0.3) is 0 Å². The highest BCUT2D eigenvalue weighted by Gasteiger charge is 2.11. The molecule has 0 bridgehead atoms. The van der Waals surface area contributed by atoms with E-state index < -0.39 is 0 Å². The molecule has 2 nitrogen and oxygen atoms in total. The Balaban J connectivity index is 2.57. The lowest BCUT2D eigenvalue weighted by Crippen LogP contribution is -2.19. The van der Waals surface area contributed by atoms with E-state index in [4.69, 9.17) is 0 Å². The Hall–Kier alpha value is -0.310. The van der Waals surface area contributed by atoms with Gasteiger partial charge in [-0.3, -0.25) is 0 Å². The summed E-state index contributed by atoms with van der Waals surface area (Å²) in [6.45, 7) is 1.02. The number of nitrogens with zero attached hydrogens (tertiary/aromatic N) is 2. The molecule has 1 aliphatic rings. The molecular weight excluding hydrogens is 132 g/mol. The normalized spacial score (nSPS) is 18.8. The van der Waals surface area contributed by atoms with Crippen molar-refractivity contribution in [2.24, 2.45) is 0 Å². The topological polar surface area (TPSA) is 6.48 Å². The van der Waals surface area contributed by atoms with E-state index in [2.05, 4.69) is 36.4 Å². The molecule has 0 fully saturated rings. The molecule has 0 amide bonds. The molecule has 52 valence electrons. The van der Waals surface area contributed by atoms with Crippen molar-refractivity contribution < 1.29 is 0 Å². The van der Waals surface area contributed by atoms with Crippen LogP contribution < -0.4 is 0 Å². The number of rotatable bonds is 1. The van der Waals surface area contributed by atoms with Crippen LogP contribution in [0.2, 0.25) is 0 Å². The van der Waals surface area contributed by atoms with Crippen LogP contribution in [0, 0.1) is 0 Å². The molecule has 0 spiro atoms. The summed E-state index contributed by atoms with van der Waals surface area (Å²) >= 11 is 1.79. The minimum atomic E-state index is 1.02. The van der Waals surface area contributed by atoms with Crippen LogP contribution in [0.15, 0.2) is 11.2 Å². The molecule has 0 aliphatic carbocycles. The van der Waals surface area contributed by atoms with Crippen molar-refractivity contribution in [1.82, 2.24) is 9.80 Å². The first-order valence-corrected chi connectivity index (χ1v) is 4.13. The van der Waals surface area contributed by atoms with Gasteiger partial charge < -0.3 is 9.80 Å². The van der Waals surface area contributed by atoms with Gasteiger partial charge in [-0.1, -0.05) is 0 Å². The van der Waals surface area contributed by atoms with Gasteiger partial charge in [-0.2, -0.15) is 0 Å². The second kappa shape index (κ2) is 2.52. The zero-order valence-electron chi connectivity index (χ0n) is 6.09. The highest BCUT2D eigenvalue weighted by Crippen LogP contribution is 2.20. The van der Waals surface area contributed by atoms with E-state index in [0.29, 0.717) is 0 Å². The fourth-order valence-electron chi connectivity index (χ4n) is 0.941. The van der Waals surface area contributed by atoms with E-state index in [1.54, 1.807) is 11.8 Å². The van der Waals surface area contributed by atoms with Crippen LogP contribution in [0.3, 0.4) is 0 Å². The summed E-state index contributed by atoms with van der Waals surface area (Å²) in [7, 11) is 4.19. The van der Waals surface area contributed by atoms with Crippen LogP contribution in [0.4, 0.5) is 0 Å². The van der Waals surface area contributed by atoms with Crippen molar-refractivity contribution in [2.45, 2.75) is 0 Å². The minimum Gasteiger partial charge on any atom is -0.361 e. The van der Waals surface area contributed by atoms with E-state index in [1.807, 2.05) is 0 Å². The predicted octanol–water partition coefficient (Wildman–Crippen LogP) is 0.983. The first-order chi connectivity index (χ1) is 4.24. The summed E-state index contributed by atoms with van der Waals surface area (Å²) in [5, 5.41) is 1.34. The van der Waals surface area contributed by atoms with Crippen molar-refractivity contribution >= 4 is 11.8 Å². The molecule has 0 saturated carbocycles. The first-order valence-electron chi connectivity index (χ1n) is 2.91. The lowest BCUT2D eigenvalue weighted by molar-refractivity contribution is 0.336. The fraction of sp³-hybridized carbons (Fsp3) is 0.667. The van der Waals surface area contributed by atoms with Gasteiger partial charge >= 0.3 is 0 Å².